The minimum absolute atomic E-state index is 0.140. The quantitative estimate of drug-likeness (QED) is 0.759. The maximum absolute atomic E-state index is 11.7. The van der Waals surface area contributed by atoms with Crippen LogP contribution in [0.5, 0.6) is 0 Å². The van der Waals surface area contributed by atoms with Gasteiger partial charge in [-0.2, -0.15) is 0 Å². The smallest absolute Gasteiger partial charge is 0.220 e. The fourth-order valence-corrected chi connectivity index (χ4v) is 2.15. The molecule has 1 aromatic rings. The number of nitrogens with one attached hydrogen (secondary N) is 2. The molecule has 1 aromatic heterocycles. The number of rotatable bonds is 7. The van der Waals surface area contributed by atoms with Gasteiger partial charge in [-0.3, -0.25) is 9.78 Å². The first kappa shape index (κ1) is 13.0. The second kappa shape index (κ2) is 5.96. The molecular weight excluding hydrogens is 226 g/mol. The van der Waals surface area contributed by atoms with E-state index in [0.717, 1.165) is 25.1 Å². The molecule has 0 saturated heterocycles. The van der Waals surface area contributed by atoms with Gasteiger partial charge in [-0.15, -0.1) is 0 Å². The van der Waals surface area contributed by atoms with Crippen LogP contribution in [-0.4, -0.2) is 31.0 Å². The molecule has 98 valence electrons. The highest BCUT2D eigenvalue weighted by atomic mass is 16.1. The van der Waals surface area contributed by atoms with E-state index in [2.05, 4.69) is 15.6 Å². The van der Waals surface area contributed by atoms with E-state index < -0.39 is 0 Å². The Morgan fingerprint density at radius 2 is 2.28 bits per heavy atom. The molecular formula is C14H21N3O. The molecule has 2 N–H and O–H groups in total. The Morgan fingerprint density at radius 3 is 2.89 bits per heavy atom. The van der Waals surface area contributed by atoms with Crippen LogP contribution in [0.25, 0.3) is 0 Å². The Labute approximate surface area is 108 Å². The van der Waals surface area contributed by atoms with Crippen LogP contribution in [0.4, 0.5) is 0 Å². The highest BCUT2D eigenvalue weighted by molar-refractivity contribution is 5.76. The summed E-state index contributed by atoms with van der Waals surface area (Å²) in [4.78, 5) is 15.8. The minimum atomic E-state index is 0.140. The molecule has 0 atom stereocenters. The molecule has 4 nitrogen and oxygen atoms in total. The second-order valence-corrected chi connectivity index (χ2v) is 5.17. The number of nitrogens with zero attached hydrogens (tertiary/aromatic N) is 1. The molecule has 18 heavy (non-hydrogen) atoms. The summed E-state index contributed by atoms with van der Waals surface area (Å²) >= 11 is 0. The molecule has 0 aliphatic heterocycles. The van der Waals surface area contributed by atoms with Gasteiger partial charge in [0.1, 0.15) is 0 Å². The van der Waals surface area contributed by atoms with Gasteiger partial charge in [0.25, 0.3) is 0 Å². The van der Waals surface area contributed by atoms with Gasteiger partial charge in [0.05, 0.1) is 0 Å². The third-order valence-electron chi connectivity index (χ3n) is 3.53. The lowest BCUT2D eigenvalue weighted by molar-refractivity contribution is -0.121. The molecule has 2 rings (SSSR count). The van der Waals surface area contributed by atoms with Crippen molar-refractivity contribution in [1.29, 1.82) is 0 Å². The van der Waals surface area contributed by atoms with Gasteiger partial charge in [-0.25, -0.2) is 0 Å². The van der Waals surface area contributed by atoms with Crippen molar-refractivity contribution >= 4 is 5.91 Å². The van der Waals surface area contributed by atoms with Gasteiger partial charge in [0, 0.05) is 37.3 Å². The van der Waals surface area contributed by atoms with Crippen LogP contribution in [0.2, 0.25) is 0 Å². The summed E-state index contributed by atoms with van der Waals surface area (Å²) in [6, 6.07) is 3.91. The molecule has 0 spiro atoms. The van der Waals surface area contributed by atoms with E-state index >= 15 is 0 Å². The molecule has 1 amide bonds. The van der Waals surface area contributed by atoms with Crippen molar-refractivity contribution in [1.82, 2.24) is 15.6 Å². The predicted molar refractivity (Wildman–Crippen MR) is 71.2 cm³/mol. The number of hydrogen-bond acceptors (Lipinski definition) is 3. The van der Waals surface area contributed by atoms with Gasteiger partial charge in [-0.1, -0.05) is 6.07 Å². The molecule has 0 unspecified atom stereocenters. The zero-order valence-corrected chi connectivity index (χ0v) is 10.9. The van der Waals surface area contributed by atoms with Crippen LogP contribution >= 0.6 is 0 Å². The number of pyridine rings is 1. The lowest BCUT2D eigenvalue weighted by Crippen LogP contribution is -2.34. The Morgan fingerprint density at radius 1 is 1.44 bits per heavy atom. The number of carbonyl (C=O) groups excluding carboxylic acids is 1. The first-order chi connectivity index (χ1) is 8.74. The van der Waals surface area contributed by atoms with Crippen molar-refractivity contribution in [2.75, 3.05) is 20.1 Å². The molecule has 1 aliphatic rings. The topological polar surface area (TPSA) is 54.0 Å². The summed E-state index contributed by atoms with van der Waals surface area (Å²) in [5.41, 5.74) is 1.45. The lowest BCUT2D eigenvalue weighted by Gasteiger charge is -2.15. The maximum Gasteiger partial charge on any atom is 0.220 e. The summed E-state index contributed by atoms with van der Waals surface area (Å²) in [5.74, 6) is 0.140. The molecule has 1 saturated carbocycles. The van der Waals surface area contributed by atoms with E-state index in [1.54, 1.807) is 6.20 Å². The van der Waals surface area contributed by atoms with Gasteiger partial charge in [0.2, 0.25) is 5.91 Å². The highest BCUT2D eigenvalue weighted by Crippen LogP contribution is 2.44. The second-order valence-electron chi connectivity index (χ2n) is 5.17. The van der Waals surface area contributed by atoms with Crippen LogP contribution in [0.1, 0.15) is 24.8 Å². The molecule has 4 heteroatoms. The van der Waals surface area contributed by atoms with Crippen molar-refractivity contribution < 1.29 is 4.79 Å². The first-order valence-corrected chi connectivity index (χ1v) is 6.54. The molecule has 1 heterocycles. The number of hydrogen-bond donors (Lipinski definition) is 2. The van der Waals surface area contributed by atoms with Crippen molar-refractivity contribution in [2.45, 2.75) is 25.7 Å². The van der Waals surface area contributed by atoms with Gasteiger partial charge in [-0.05, 0) is 37.9 Å². The zero-order valence-electron chi connectivity index (χ0n) is 10.9. The fourth-order valence-electron chi connectivity index (χ4n) is 2.15. The number of aromatic nitrogens is 1. The summed E-state index contributed by atoms with van der Waals surface area (Å²) < 4.78 is 0. The van der Waals surface area contributed by atoms with E-state index in [-0.39, 0.29) is 5.91 Å². The minimum Gasteiger partial charge on any atom is -0.355 e. The number of carbonyl (C=O) groups is 1. The largest absolute Gasteiger partial charge is 0.355 e. The van der Waals surface area contributed by atoms with Crippen LogP contribution in [0.3, 0.4) is 0 Å². The van der Waals surface area contributed by atoms with Crippen molar-refractivity contribution in [3.63, 3.8) is 0 Å². The third kappa shape index (κ3) is 3.81. The normalized spacial score (nSPS) is 16.3. The fraction of sp³-hybridized carbons (Fsp3) is 0.571. The lowest BCUT2D eigenvalue weighted by atomic mass is 10.1. The summed E-state index contributed by atoms with van der Waals surface area (Å²) in [7, 11) is 1.96. The Kier molecular flexibility index (Phi) is 4.31. The van der Waals surface area contributed by atoms with Crippen LogP contribution in [-0.2, 0) is 11.2 Å². The van der Waals surface area contributed by atoms with Crippen LogP contribution in [0, 0.1) is 5.41 Å². The standard InChI is InChI=1S/C14H21N3O/c1-15-10-14(6-7-14)11-17-13(18)5-4-12-3-2-8-16-9-12/h2-3,8-9,15H,4-7,10-11H2,1H3,(H,17,18). The van der Waals surface area contributed by atoms with E-state index in [0.29, 0.717) is 11.8 Å². The van der Waals surface area contributed by atoms with Gasteiger partial charge < -0.3 is 10.6 Å². The summed E-state index contributed by atoms with van der Waals surface area (Å²) in [5, 5.41) is 6.23. The molecule has 1 aliphatic carbocycles. The molecule has 1 fully saturated rings. The van der Waals surface area contributed by atoms with E-state index in [4.69, 9.17) is 0 Å². The molecule has 0 radical (unpaired) electrons. The number of aryl methyl sites for hydroxylation is 1. The highest BCUT2D eigenvalue weighted by Gasteiger charge is 2.41. The third-order valence-corrected chi connectivity index (χ3v) is 3.53. The zero-order chi connectivity index (χ0) is 12.8. The molecule has 0 aromatic carbocycles. The van der Waals surface area contributed by atoms with Crippen molar-refractivity contribution in [3.8, 4) is 0 Å². The van der Waals surface area contributed by atoms with E-state index in [9.17, 15) is 4.79 Å². The Balaban J connectivity index is 1.67. The predicted octanol–water partition coefficient (Wildman–Crippen LogP) is 1.13. The Hall–Kier alpha value is -1.42. The average molecular weight is 247 g/mol. The van der Waals surface area contributed by atoms with Crippen LogP contribution < -0.4 is 10.6 Å². The number of amides is 1. The average Bonchev–Trinajstić information content (AvgIpc) is 3.16. The van der Waals surface area contributed by atoms with E-state index in [1.807, 2.05) is 25.4 Å². The van der Waals surface area contributed by atoms with Crippen molar-refractivity contribution in [3.05, 3.63) is 30.1 Å². The Bertz CT molecular complexity index is 387. The SMILES string of the molecule is CNCC1(CNC(=O)CCc2cccnc2)CC1. The van der Waals surface area contributed by atoms with Crippen molar-refractivity contribution in [2.24, 2.45) is 5.41 Å². The monoisotopic (exact) mass is 247 g/mol. The maximum atomic E-state index is 11.7. The van der Waals surface area contributed by atoms with Gasteiger partial charge >= 0.3 is 0 Å². The van der Waals surface area contributed by atoms with Gasteiger partial charge in [0.15, 0.2) is 0 Å². The summed E-state index contributed by atoms with van der Waals surface area (Å²) in [6.07, 6.45) is 7.31. The first-order valence-electron chi connectivity index (χ1n) is 6.54. The molecule has 0 bridgehead atoms. The van der Waals surface area contributed by atoms with E-state index in [1.165, 1.54) is 12.8 Å². The summed E-state index contributed by atoms with van der Waals surface area (Å²) in [6.45, 7) is 1.80. The van der Waals surface area contributed by atoms with Crippen LogP contribution in [0.15, 0.2) is 24.5 Å².